The van der Waals surface area contributed by atoms with Crippen LogP contribution in [0.2, 0.25) is 0 Å². The van der Waals surface area contributed by atoms with Crippen LogP contribution in [0.15, 0.2) is 30.3 Å². The first-order valence-corrected chi connectivity index (χ1v) is 4.79. The van der Waals surface area contributed by atoms with Crippen molar-refractivity contribution in [3.8, 4) is 0 Å². The predicted octanol–water partition coefficient (Wildman–Crippen LogP) is 2.53. The van der Waals surface area contributed by atoms with E-state index in [0.29, 0.717) is 0 Å². The molecule has 0 unspecified atom stereocenters. The van der Waals surface area contributed by atoms with Crippen LogP contribution in [-0.4, -0.2) is 13.1 Å². The quantitative estimate of drug-likeness (QED) is 0.688. The van der Waals surface area contributed by atoms with Gasteiger partial charge in [0.25, 0.3) is 0 Å². The Balaban J connectivity index is 3.08. The fourth-order valence-electron chi connectivity index (χ4n) is 1.50. The molecular weight excluding hydrogens is 176 g/mol. The van der Waals surface area contributed by atoms with Gasteiger partial charge in [-0.05, 0) is 18.9 Å². The number of esters is 1. The van der Waals surface area contributed by atoms with Gasteiger partial charge in [0.05, 0.1) is 12.5 Å². The van der Waals surface area contributed by atoms with Crippen LogP contribution in [0.25, 0.3) is 0 Å². The summed E-state index contributed by atoms with van der Waals surface area (Å²) in [5, 5.41) is 0. The molecule has 0 aliphatic carbocycles. The summed E-state index contributed by atoms with van der Waals surface area (Å²) in [6.45, 7) is 3.90. The largest absolute Gasteiger partial charge is 0.468 e. The van der Waals surface area contributed by atoms with Gasteiger partial charge in [0.1, 0.15) is 0 Å². The van der Waals surface area contributed by atoms with Crippen LogP contribution < -0.4 is 0 Å². The average Bonchev–Trinajstić information content (AvgIpc) is 2.28. The zero-order valence-electron chi connectivity index (χ0n) is 8.91. The van der Waals surface area contributed by atoms with Gasteiger partial charge in [-0.15, -0.1) is 0 Å². The highest BCUT2D eigenvalue weighted by Crippen LogP contribution is 2.28. The monoisotopic (exact) mass is 192 g/mol. The molecule has 0 N–H and O–H groups in total. The van der Waals surface area contributed by atoms with Crippen LogP contribution in [0, 0.1) is 0 Å². The lowest BCUT2D eigenvalue weighted by Gasteiger charge is -2.25. The molecule has 0 bridgehead atoms. The zero-order valence-corrected chi connectivity index (χ0v) is 8.91. The van der Waals surface area contributed by atoms with E-state index >= 15 is 0 Å². The molecule has 1 atom stereocenters. The molecule has 0 spiro atoms. The van der Waals surface area contributed by atoms with Crippen molar-refractivity contribution in [3.05, 3.63) is 35.9 Å². The van der Waals surface area contributed by atoms with Crippen molar-refractivity contribution in [2.75, 3.05) is 7.11 Å². The molecule has 14 heavy (non-hydrogen) atoms. The second-order valence-corrected chi connectivity index (χ2v) is 3.54. The van der Waals surface area contributed by atoms with E-state index in [1.807, 2.05) is 44.2 Å². The second kappa shape index (κ2) is 4.27. The normalized spacial score (nSPS) is 14.5. The molecule has 1 aromatic rings. The van der Waals surface area contributed by atoms with E-state index in [2.05, 4.69) is 0 Å². The molecule has 2 nitrogen and oxygen atoms in total. The van der Waals surface area contributed by atoms with Gasteiger partial charge in [0.2, 0.25) is 0 Å². The smallest absolute Gasteiger partial charge is 0.315 e. The summed E-state index contributed by atoms with van der Waals surface area (Å²) < 4.78 is 4.82. The summed E-state index contributed by atoms with van der Waals surface area (Å²) in [7, 11) is 1.43. The van der Waals surface area contributed by atoms with Crippen molar-refractivity contribution in [1.82, 2.24) is 0 Å². The maximum absolute atomic E-state index is 11.6. The number of methoxy groups -OCH3 is 1. The minimum Gasteiger partial charge on any atom is -0.468 e. The minimum atomic E-state index is -0.518. The van der Waals surface area contributed by atoms with Crippen LogP contribution in [0.4, 0.5) is 0 Å². The Hall–Kier alpha value is -1.31. The molecule has 76 valence electrons. The Kier molecular flexibility index (Phi) is 3.28. The topological polar surface area (TPSA) is 26.3 Å². The van der Waals surface area contributed by atoms with Gasteiger partial charge >= 0.3 is 5.97 Å². The SMILES string of the molecule is CC[C@@](C)(C(=O)OC)c1ccccc1. The first-order chi connectivity index (χ1) is 6.65. The number of rotatable bonds is 3. The average molecular weight is 192 g/mol. The van der Waals surface area contributed by atoms with Crippen LogP contribution in [-0.2, 0) is 14.9 Å². The van der Waals surface area contributed by atoms with Crippen molar-refractivity contribution in [2.45, 2.75) is 25.7 Å². The van der Waals surface area contributed by atoms with E-state index in [9.17, 15) is 4.79 Å². The highest BCUT2D eigenvalue weighted by Gasteiger charge is 2.33. The minimum absolute atomic E-state index is 0.175. The Morgan fingerprint density at radius 1 is 1.36 bits per heavy atom. The second-order valence-electron chi connectivity index (χ2n) is 3.54. The summed E-state index contributed by atoms with van der Waals surface area (Å²) in [5.74, 6) is -0.175. The lowest BCUT2D eigenvalue weighted by atomic mass is 9.80. The molecule has 0 aliphatic heterocycles. The van der Waals surface area contributed by atoms with Gasteiger partial charge in [-0.2, -0.15) is 0 Å². The number of carbonyl (C=O) groups excluding carboxylic acids is 1. The molecule has 0 fully saturated rings. The van der Waals surface area contributed by atoms with Crippen LogP contribution in [0.5, 0.6) is 0 Å². The third-order valence-corrected chi connectivity index (χ3v) is 2.75. The van der Waals surface area contributed by atoms with Crippen molar-refractivity contribution in [3.63, 3.8) is 0 Å². The van der Waals surface area contributed by atoms with Crippen LogP contribution in [0.3, 0.4) is 0 Å². The summed E-state index contributed by atoms with van der Waals surface area (Å²) in [4.78, 5) is 11.6. The zero-order chi connectivity index (χ0) is 10.6. The number of hydrogen-bond donors (Lipinski definition) is 0. The standard InChI is InChI=1S/C12H16O2/c1-4-12(2,11(13)14-3)10-8-6-5-7-9-10/h5-9H,4H2,1-3H3/t12-/m1/s1. The molecular formula is C12H16O2. The van der Waals surface area contributed by atoms with E-state index in [1.165, 1.54) is 7.11 Å². The Morgan fingerprint density at radius 2 is 1.93 bits per heavy atom. The van der Waals surface area contributed by atoms with Crippen molar-refractivity contribution < 1.29 is 9.53 Å². The van der Waals surface area contributed by atoms with Gasteiger partial charge in [-0.25, -0.2) is 0 Å². The number of ether oxygens (including phenoxy) is 1. The molecule has 0 amide bonds. The molecule has 1 aromatic carbocycles. The van der Waals surface area contributed by atoms with Crippen LogP contribution in [0.1, 0.15) is 25.8 Å². The predicted molar refractivity (Wildman–Crippen MR) is 56.1 cm³/mol. The van der Waals surface area contributed by atoms with E-state index in [4.69, 9.17) is 4.74 Å². The maximum atomic E-state index is 11.6. The van der Waals surface area contributed by atoms with Gasteiger partial charge in [-0.3, -0.25) is 4.79 Å². The summed E-state index contributed by atoms with van der Waals surface area (Å²) in [6.07, 6.45) is 0.740. The molecule has 0 heterocycles. The fraction of sp³-hybridized carbons (Fsp3) is 0.417. The summed E-state index contributed by atoms with van der Waals surface area (Å²) in [5.41, 5.74) is 0.491. The number of hydrogen-bond acceptors (Lipinski definition) is 2. The lowest BCUT2D eigenvalue weighted by molar-refractivity contribution is -0.147. The van der Waals surface area contributed by atoms with Crippen molar-refractivity contribution >= 4 is 5.97 Å². The van der Waals surface area contributed by atoms with E-state index < -0.39 is 5.41 Å². The van der Waals surface area contributed by atoms with E-state index in [1.54, 1.807) is 0 Å². The molecule has 0 radical (unpaired) electrons. The van der Waals surface area contributed by atoms with Crippen LogP contribution >= 0.6 is 0 Å². The third-order valence-electron chi connectivity index (χ3n) is 2.75. The Morgan fingerprint density at radius 3 is 2.36 bits per heavy atom. The third kappa shape index (κ3) is 1.79. The highest BCUT2D eigenvalue weighted by molar-refractivity contribution is 5.82. The molecule has 0 saturated heterocycles. The van der Waals surface area contributed by atoms with Gasteiger partial charge < -0.3 is 4.74 Å². The first-order valence-electron chi connectivity index (χ1n) is 4.79. The van der Waals surface area contributed by atoms with E-state index in [-0.39, 0.29) is 5.97 Å². The highest BCUT2D eigenvalue weighted by atomic mass is 16.5. The van der Waals surface area contributed by atoms with Crippen molar-refractivity contribution in [2.24, 2.45) is 0 Å². The van der Waals surface area contributed by atoms with Gasteiger partial charge in [-0.1, -0.05) is 37.3 Å². The number of carbonyl (C=O) groups is 1. The van der Waals surface area contributed by atoms with Gasteiger partial charge in [0.15, 0.2) is 0 Å². The molecule has 0 aliphatic rings. The van der Waals surface area contributed by atoms with Crippen molar-refractivity contribution in [1.29, 1.82) is 0 Å². The number of benzene rings is 1. The maximum Gasteiger partial charge on any atom is 0.315 e. The van der Waals surface area contributed by atoms with E-state index in [0.717, 1.165) is 12.0 Å². The fourth-order valence-corrected chi connectivity index (χ4v) is 1.50. The summed E-state index contributed by atoms with van der Waals surface area (Å²) >= 11 is 0. The van der Waals surface area contributed by atoms with Gasteiger partial charge in [0, 0.05) is 0 Å². The molecule has 2 heteroatoms. The Bertz CT molecular complexity index is 305. The lowest BCUT2D eigenvalue weighted by Crippen LogP contribution is -2.32. The molecule has 1 rings (SSSR count). The molecule has 0 aromatic heterocycles. The first kappa shape index (κ1) is 10.8. The summed E-state index contributed by atoms with van der Waals surface area (Å²) in [6, 6.07) is 9.73. The molecule has 0 saturated carbocycles. The Labute approximate surface area is 84.9 Å².